The Morgan fingerprint density at radius 1 is 1.15 bits per heavy atom. The van der Waals surface area contributed by atoms with Crippen LogP contribution in [-0.2, 0) is 26.0 Å². The van der Waals surface area contributed by atoms with Crippen LogP contribution in [0.4, 0.5) is 0 Å². The number of benzene rings is 2. The second-order valence-corrected chi connectivity index (χ2v) is 9.68. The van der Waals surface area contributed by atoms with E-state index in [-0.39, 0.29) is 17.2 Å². The molecule has 1 aliphatic rings. The van der Waals surface area contributed by atoms with Crippen LogP contribution < -0.4 is 14.8 Å². The Kier molecular flexibility index (Phi) is 9.25. The van der Waals surface area contributed by atoms with Crippen molar-refractivity contribution in [3.05, 3.63) is 59.7 Å². The summed E-state index contributed by atoms with van der Waals surface area (Å²) in [6.45, 7) is 8.32. The maximum absolute atomic E-state index is 13.1. The highest BCUT2D eigenvalue weighted by Gasteiger charge is 2.26. The van der Waals surface area contributed by atoms with E-state index in [1.54, 1.807) is 19.1 Å². The molecule has 1 amide bonds. The molecule has 180 valence electrons. The molecule has 0 unspecified atom stereocenters. The third-order valence-electron chi connectivity index (χ3n) is 5.48. The molecule has 33 heavy (non-hydrogen) atoms. The summed E-state index contributed by atoms with van der Waals surface area (Å²) >= 11 is 0. The molecule has 2 N–H and O–H groups in total. The van der Waals surface area contributed by atoms with Gasteiger partial charge in [0.1, 0.15) is 11.8 Å². The predicted octanol–water partition coefficient (Wildman–Crippen LogP) is 1.73. The minimum absolute atomic E-state index is 0.0997. The van der Waals surface area contributed by atoms with Crippen LogP contribution >= 0.6 is 0 Å². The highest BCUT2D eigenvalue weighted by molar-refractivity contribution is 7.89. The van der Waals surface area contributed by atoms with E-state index in [0.717, 1.165) is 18.7 Å². The van der Waals surface area contributed by atoms with Crippen LogP contribution in [0.5, 0.6) is 5.75 Å². The number of amides is 1. The number of nitrogens with zero attached hydrogens (tertiary/aromatic N) is 1. The van der Waals surface area contributed by atoms with Gasteiger partial charge in [0.25, 0.3) is 0 Å². The van der Waals surface area contributed by atoms with Gasteiger partial charge >= 0.3 is 0 Å². The van der Waals surface area contributed by atoms with Crippen molar-refractivity contribution in [2.45, 2.75) is 31.2 Å². The van der Waals surface area contributed by atoms with Crippen LogP contribution in [0, 0.1) is 6.92 Å². The summed E-state index contributed by atoms with van der Waals surface area (Å²) in [5.74, 6) is 0.288. The largest absolute Gasteiger partial charge is 0.494 e. The fraction of sp³-hybridized carbons (Fsp3) is 0.458. The Hall–Kier alpha value is -2.46. The lowest BCUT2D eigenvalue weighted by atomic mass is 10.1. The van der Waals surface area contributed by atoms with Crippen molar-refractivity contribution in [1.82, 2.24) is 14.9 Å². The summed E-state index contributed by atoms with van der Waals surface area (Å²) in [6.07, 6.45) is 0.249. The first-order valence-corrected chi connectivity index (χ1v) is 12.7. The molecule has 8 nitrogen and oxygen atoms in total. The molecule has 1 fully saturated rings. The first-order valence-electron chi connectivity index (χ1n) is 11.3. The Morgan fingerprint density at radius 2 is 1.88 bits per heavy atom. The first kappa shape index (κ1) is 25.2. The van der Waals surface area contributed by atoms with Crippen LogP contribution in [0.25, 0.3) is 0 Å². The molecular formula is C24H33N3O5S. The Balaban J connectivity index is 1.71. The molecule has 1 saturated heterocycles. The number of morpholine rings is 1. The van der Waals surface area contributed by atoms with Gasteiger partial charge in [-0.15, -0.1) is 0 Å². The Labute approximate surface area is 196 Å². The Morgan fingerprint density at radius 3 is 2.55 bits per heavy atom. The zero-order chi connectivity index (χ0) is 23.7. The average Bonchev–Trinajstić information content (AvgIpc) is 2.81. The molecule has 9 heteroatoms. The lowest BCUT2D eigenvalue weighted by Crippen LogP contribution is -2.49. The van der Waals surface area contributed by atoms with Crippen molar-refractivity contribution >= 4 is 15.9 Å². The molecule has 1 aliphatic heterocycles. The number of hydrogen-bond acceptors (Lipinski definition) is 6. The van der Waals surface area contributed by atoms with Crippen molar-refractivity contribution in [3.63, 3.8) is 0 Å². The van der Waals surface area contributed by atoms with E-state index in [9.17, 15) is 13.2 Å². The zero-order valence-electron chi connectivity index (χ0n) is 19.2. The molecule has 0 aliphatic carbocycles. The van der Waals surface area contributed by atoms with Gasteiger partial charge in [0.05, 0.1) is 24.7 Å². The SMILES string of the molecule is CCOc1ccc(S(=O)(=O)N[C@@H](Cc2ccccc2)C(=O)NCCN2CCOCC2)cc1C. The molecule has 0 bridgehead atoms. The van der Waals surface area contributed by atoms with Gasteiger partial charge in [-0.05, 0) is 49.6 Å². The highest BCUT2D eigenvalue weighted by atomic mass is 32.2. The van der Waals surface area contributed by atoms with E-state index in [2.05, 4.69) is 14.9 Å². The lowest BCUT2D eigenvalue weighted by Gasteiger charge is -2.27. The second-order valence-electron chi connectivity index (χ2n) is 7.97. The van der Waals surface area contributed by atoms with Gasteiger partial charge < -0.3 is 14.8 Å². The van der Waals surface area contributed by atoms with E-state index < -0.39 is 16.1 Å². The maximum Gasteiger partial charge on any atom is 0.241 e. The Bertz CT molecular complexity index is 1010. The number of carbonyl (C=O) groups is 1. The fourth-order valence-corrected chi connectivity index (χ4v) is 4.96. The third kappa shape index (κ3) is 7.53. The molecule has 0 saturated carbocycles. The molecule has 0 radical (unpaired) electrons. The average molecular weight is 476 g/mol. The molecule has 0 spiro atoms. The van der Waals surface area contributed by atoms with Crippen LogP contribution in [-0.4, -0.2) is 71.3 Å². The molecular weight excluding hydrogens is 442 g/mol. The maximum atomic E-state index is 13.1. The second kappa shape index (κ2) is 12.1. The van der Waals surface area contributed by atoms with E-state index in [4.69, 9.17) is 9.47 Å². The lowest BCUT2D eigenvalue weighted by molar-refractivity contribution is -0.122. The number of nitrogens with one attached hydrogen (secondary N) is 2. The van der Waals surface area contributed by atoms with E-state index in [1.807, 2.05) is 37.3 Å². The number of carbonyl (C=O) groups excluding carboxylic acids is 1. The standard InChI is InChI=1S/C24H33N3O5S/c1-3-32-23-10-9-21(17-19(23)2)33(29,30)26-22(18-20-7-5-4-6-8-20)24(28)25-11-12-27-13-15-31-16-14-27/h4-10,17,22,26H,3,11-16,18H2,1-2H3,(H,25,28)/t22-/m0/s1. The molecule has 2 aromatic rings. The number of aryl methyl sites for hydroxylation is 1. The van der Waals surface area contributed by atoms with E-state index in [0.29, 0.717) is 44.2 Å². The summed E-state index contributed by atoms with van der Waals surface area (Å²) in [4.78, 5) is 15.3. The normalized spacial score (nSPS) is 15.7. The van der Waals surface area contributed by atoms with Gasteiger partial charge in [-0.2, -0.15) is 4.72 Å². The zero-order valence-corrected chi connectivity index (χ0v) is 20.1. The van der Waals surface area contributed by atoms with E-state index in [1.165, 1.54) is 6.07 Å². The van der Waals surface area contributed by atoms with Gasteiger partial charge in [0.2, 0.25) is 15.9 Å². The molecule has 1 heterocycles. The summed E-state index contributed by atoms with van der Waals surface area (Å²) in [5.41, 5.74) is 1.59. The minimum atomic E-state index is -3.92. The summed E-state index contributed by atoms with van der Waals surface area (Å²) in [6, 6.07) is 13.1. The summed E-state index contributed by atoms with van der Waals surface area (Å²) < 4.78 is 39.7. The first-order chi connectivity index (χ1) is 15.9. The van der Waals surface area contributed by atoms with Gasteiger partial charge in [0.15, 0.2) is 0 Å². The topological polar surface area (TPSA) is 97.0 Å². The van der Waals surface area contributed by atoms with Crippen LogP contribution in [0.15, 0.2) is 53.4 Å². The molecule has 0 aromatic heterocycles. The van der Waals surface area contributed by atoms with Crippen molar-refractivity contribution < 1.29 is 22.7 Å². The van der Waals surface area contributed by atoms with Crippen molar-refractivity contribution in [3.8, 4) is 5.75 Å². The van der Waals surface area contributed by atoms with Crippen LogP contribution in [0.2, 0.25) is 0 Å². The summed E-state index contributed by atoms with van der Waals surface area (Å²) in [5, 5.41) is 2.89. The van der Waals surface area contributed by atoms with Gasteiger partial charge in [-0.1, -0.05) is 30.3 Å². The smallest absolute Gasteiger partial charge is 0.241 e. The monoisotopic (exact) mass is 475 g/mol. The fourth-order valence-electron chi connectivity index (χ4n) is 3.68. The minimum Gasteiger partial charge on any atom is -0.494 e. The predicted molar refractivity (Wildman–Crippen MR) is 127 cm³/mol. The van der Waals surface area contributed by atoms with Gasteiger partial charge in [0, 0.05) is 26.2 Å². The van der Waals surface area contributed by atoms with E-state index >= 15 is 0 Å². The highest BCUT2D eigenvalue weighted by Crippen LogP contribution is 2.22. The number of sulfonamides is 1. The molecule has 2 aromatic carbocycles. The number of rotatable bonds is 11. The molecule has 1 atom stereocenters. The van der Waals surface area contributed by atoms with Crippen LogP contribution in [0.1, 0.15) is 18.1 Å². The van der Waals surface area contributed by atoms with Gasteiger partial charge in [-0.3, -0.25) is 9.69 Å². The summed E-state index contributed by atoms with van der Waals surface area (Å²) in [7, 11) is -3.92. The number of hydrogen-bond donors (Lipinski definition) is 2. The number of ether oxygens (including phenoxy) is 2. The van der Waals surface area contributed by atoms with Crippen molar-refractivity contribution in [2.24, 2.45) is 0 Å². The van der Waals surface area contributed by atoms with Gasteiger partial charge in [-0.25, -0.2) is 8.42 Å². The van der Waals surface area contributed by atoms with Crippen molar-refractivity contribution in [1.29, 1.82) is 0 Å². The quantitative estimate of drug-likeness (QED) is 0.514. The molecule has 3 rings (SSSR count). The van der Waals surface area contributed by atoms with Crippen molar-refractivity contribution in [2.75, 3.05) is 46.0 Å². The third-order valence-corrected chi connectivity index (χ3v) is 6.95. The van der Waals surface area contributed by atoms with Crippen LogP contribution in [0.3, 0.4) is 0 Å².